The van der Waals surface area contributed by atoms with Crippen molar-refractivity contribution in [1.29, 1.82) is 5.26 Å². The van der Waals surface area contributed by atoms with Gasteiger partial charge < -0.3 is 15.6 Å². The molecule has 0 aliphatic heterocycles. The zero-order valence-corrected chi connectivity index (χ0v) is 13.2. The number of hydrogen-bond acceptors (Lipinski definition) is 3. The quantitative estimate of drug-likeness (QED) is 0.611. The van der Waals surface area contributed by atoms with Crippen LogP contribution in [0, 0.1) is 11.3 Å². The van der Waals surface area contributed by atoms with Crippen molar-refractivity contribution < 1.29 is 4.79 Å². The third-order valence-electron chi connectivity index (χ3n) is 3.81. The molecule has 0 aliphatic carbocycles. The number of aromatic amines is 1. The van der Waals surface area contributed by atoms with Gasteiger partial charge in [0.15, 0.2) is 0 Å². The van der Waals surface area contributed by atoms with E-state index in [4.69, 9.17) is 5.26 Å². The highest BCUT2D eigenvalue weighted by Gasteiger charge is 2.05. The van der Waals surface area contributed by atoms with E-state index in [1.165, 1.54) is 10.9 Å². The van der Waals surface area contributed by atoms with Gasteiger partial charge in [0.05, 0.1) is 18.2 Å². The van der Waals surface area contributed by atoms with Gasteiger partial charge in [-0.05, 0) is 42.8 Å². The highest BCUT2D eigenvalue weighted by atomic mass is 16.1. The van der Waals surface area contributed by atoms with Gasteiger partial charge in [0, 0.05) is 22.8 Å². The number of aromatic nitrogens is 1. The molecular formula is C19H18N4O. The van der Waals surface area contributed by atoms with Crippen LogP contribution in [0.15, 0.2) is 54.7 Å². The highest BCUT2D eigenvalue weighted by molar-refractivity contribution is 5.92. The topological polar surface area (TPSA) is 80.7 Å². The third kappa shape index (κ3) is 3.80. The van der Waals surface area contributed by atoms with Gasteiger partial charge in [-0.25, -0.2) is 0 Å². The number of fused-ring (bicyclic) bond motifs is 1. The van der Waals surface area contributed by atoms with Gasteiger partial charge in [0.2, 0.25) is 5.91 Å². The maximum atomic E-state index is 11.9. The summed E-state index contributed by atoms with van der Waals surface area (Å²) in [4.78, 5) is 15.2. The smallest absolute Gasteiger partial charge is 0.238 e. The molecule has 0 unspecified atom stereocenters. The lowest BCUT2D eigenvalue weighted by Crippen LogP contribution is -2.29. The van der Waals surface area contributed by atoms with Crippen molar-refractivity contribution in [3.8, 4) is 6.07 Å². The van der Waals surface area contributed by atoms with Crippen LogP contribution in [0.4, 0.5) is 5.69 Å². The molecule has 0 spiro atoms. The van der Waals surface area contributed by atoms with Crippen molar-refractivity contribution >= 4 is 22.5 Å². The lowest BCUT2D eigenvalue weighted by Gasteiger charge is -2.07. The van der Waals surface area contributed by atoms with Crippen LogP contribution in [0.1, 0.15) is 11.1 Å². The molecule has 5 nitrogen and oxygen atoms in total. The lowest BCUT2D eigenvalue weighted by atomic mass is 10.1. The molecule has 5 heteroatoms. The van der Waals surface area contributed by atoms with Crippen molar-refractivity contribution in [3.05, 3.63) is 65.9 Å². The Bertz CT molecular complexity index is 892. The van der Waals surface area contributed by atoms with Crippen LogP contribution >= 0.6 is 0 Å². The fourth-order valence-corrected chi connectivity index (χ4v) is 2.64. The Labute approximate surface area is 140 Å². The number of amides is 1. The average Bonchev–Trinajstić information content (AvgIpc) is 3.02. The summed E-state index contributed by atoms with van der Waals surface area (Å²) < 4.78 is 0. The number of para-hydroxylation sites is 1. The molecule has 24 heavy (non-hydrogen) atoms. The van der Waals surface area contributed by atoms with E-state index in [9.17, 15) is 4.79 Å². The number of H-pyrrole nitrogens is 1. The number of hydrogen-bond donors (Lipinski definition) is 3. The van der Waals surface area contributed by atoms with Crippen LogP contribution in [0.25, 0.3) is 10.9 Å². The maximum Gasteiger partial charge on any atom is 0.238 e. The minimum absolute atomic E-state index is 0.121. The minimum atomic E-state index is -0.121. The fourth-order valence-electron chi connectivity index (χ4n) is 2.64. The molecule has 1 aromatic heterocycles. The monoisotopic (exact) mass is 318 g/mol. The number of nitrogens with zero attached hydrogens (tertiary/aromatic N) is 1. The normalized spacial score (nSPS) is 10.5. The van der Waals surface area contributed by atoms with Crippen LogP contribution < -0.4 is 10.6 Å². The third-order valence-corrected chi connectivity index (χ3v) is 3.81. The maximum absolute atomic E-state index is 11.9. The number of rotatable bonds is 6. The molecule has 3 aromatic rings. The van der Waals surface area contributed by atoms with Crippen molar-refractivity contribution in [2.24, 2.45) is 0 Å². The van der Waals surface area contributed by atoms with Crippen LogP contribution in [0.5, 0.6) is 0 Å². The summed E-state index contributed by atoms with van der Waals surface area (Å²) in [5.74, 6) is -0.121. The van der Waals surface area contributed by atoms with Crippen molar-refractivity contribution in [2.75, 3.05) is 18.4 Å². The fraction of sp³-hybridized carbons (Fsp3) is 0.158. The summed E-state index contributed by atoms with van der Waals surface area (Å²) >= 11 is 0. The first kappa shape index (κ1) is 15.8. The van der Waals surface area contributed by atoms with Gasteiger partial charge in [0.1, 0.15) is 0 Å². The molecule has 0 saturated heterocycles. The van der Waals surface area contributed by atoms with Gasteiger partial charge in [0.25, 0.3) is 0 Å². The number of benzene rings is 2. The molecule has 0 aliphatic rings. The summed E-state index contributed by atoms with van der Waals surface area (Å²) in [5, 5.41) is 16.0. The molecule has 1 amide bonds. The molecule has 120 valence electrons. The Kier molecular flexibility index (Phi) is 4.90. The average molecular weight is 318 g/mol. The van der Waals surface area contributed by atoms with Crippen molar-refractivity contribution in [2.45, 2.75) is 6.42 Å². The lowest BCUT2D eigenvalue weighted by molar-refractivity contribution is -0.115. The Morgan fingerprint density at radius 3 is 2.92 bits per heavy atom. The van der Waals surface area contributed by atoms with Crippen LogP contribution in [0.3, 0.4) is 0 Å². The zero-order valence-electron chi connectivity index (χ0n) is 13.2. The molecule has 1 heterocycles. The predicted molar refractivity (Wildman–Crippen MR) is 94.7 cm³/mol. The van der Waals surface area contributed by atoms with E-state index in [-0.39, 0.29) is 12.5 Å². The van der Waals surface area contributed by atoms with Gasteiger partial charge in [-0.1, -0.05) is 24.3 Å². The predicted octanol–water partition coefficient (Wildman–Crippen LogP) is 2.81. The summed E-state index contributed by atoms with van der Waals surface area (Å²) in [6.07, 6.45) is 2.86. The number of carbonyl (C=O) groups is 1. The van der Waals surface area contributed by atoms with E-state index in [0.717, 1.165) is 11.9 Å². The van der Waals surface area contributed by atoms with E-state index in [1.54, 1.807) is 24.3 Å². The van der Waals surface area contributed by atoms with Gasteiger partial charge in [-0.3, -0.25) is 4.79 Å². The molecule has 0 saturated carbocycles. The molecule has 2 aromatic carbocycles. The second-order valence-corrected chi connectivity index (χ2v) is 5.53. The molecular weight excluding hydrogens is 300 g/mol. The van der Waals surface area contributed by atoms with E-state index < -0.39 is 0 Å². The highest BCUT2D eigenvalue weighted by Crippen LogP contribution is 2.17. The summed E-state index contributed by atoms with van der Waals surface area (Å²) in [6.45, 7) is 0.951. The van der Waals surface area contributed by atoms with Crippen LogP contribution in [-0.2, 0) is 11.2 Å². The molecule has 3 N–H and O–H groups in total. The summed E-state index contributed by atoms with van der Waals surface area (Å²) in [6, 6.07) is 17.1. The molecule has 0 radical (unpaired) electrons. The zero-order chi connectivity index (χ0) is 16.8. The number of anilines is 1. The largest absolute Gasteiger partial charge is 0.361 e. The standard InChI is InChI=1S/C19H18N4O/c20-11-14-4-3-5-16(10-14)23-19(24)13-21-9-8-15-12-22-18-7-2-1-6-17(15)18/h1-7,10,12,21-22H,8-9,13H2,(H,23,24). The Morgan fingerprint density at radius 2 is 2.04 bits per heavy atom. The molecule has 0 atom stereocenters. The van der Waals surface area contributed by atoms with Gasteiger partial charge >= 0.3 is 0 Å². The first-order chi connectivity index (χ1) is 11.8. The Hall–Kier alpha value is -3.10. The molecule has 3 rings (SSSR count). The number of nitriles is 1. The molecule has 0 fully saturated rings. The first-order valence-electron chi connectivity index (χ1n) is 7.82. The Morgan fingerprint density at radius 1 is 1.17 bits per heavy atom. The second kappa shape index (κ2) is 7.44. The van der Waals surface area contributed by atoms with E-state index in [1.807, 2.05) is 18.3 Å². The number of carbonyl (C=O) groups excluding carboxylic acids is 1. The molecule has 0 bridgehead atoms. The second-order valence-electron chi connectivity index (χ2n) is 5.53. The van der Waals surface area contributed by atoms with Crippen LogP contribution in [-0.4, -0.2) is 24.0 Å². The number of nitrogens with one attached hydrogen (secondary N) is 3. The van der Waals surface area contributed by atoms with E-state index in [2.05, 4.69) is 33.8 Å². The van der Waals surface area contributed by atoms with E-state index in [0.29, 0.717) is 17.8 Å². The van der Waals surface area contributed by atoms with Gasteiger partial charge in [-0.2, -0.15) is 5.26 Å². The minimum Gasteiger partial charge on any atom is -0.361 e. The SMILES string of the molecule is N#Cc1cccc(NC(=O)CNCCc2c[nH]c3ccccc23)c1. The van der Waals surface area contributed by atoms with Crippen molar-refractivity contribution in [3.63, 3.8) is 0 Å². The Balaban J connectivity index is 1.46. The van der Waals surface area contributed by atoms with Gasteiger partial charge in [-0.15, -0.1) is 0 Å². The first-order valence-corrected chi connectivity index (χ1v) is 7.82. The summed E-state index contributed by atoms with van der Waals surface area (Å²) in [7, 11) is 0. The van der Waals surface area contributed by atoms with E-state index >= 15 is 0 Å². The summed E-state index contributed by atoms with van der Waals surface area (Å²) in [5.41, 5.74) is 3.53. The van der Waals surface area contributed by atoms with Crippen LogP contribution in [0.2, 0.25) is 0 Å². The van der Waals surface area contributed by atoms with Crippen molar-refractivity contribution in [1.82, 2.24) is 10.3 Å².